The Morgan fingerprint density at radius 2 is 1.70 bits per heavy atom. The molecule has 1 aromatic heterocycles. The summed E-state index contributed by atoms with van der Waals surface area (Å²) < 4.78 is 2.20. The summed E-state index contributed by atoms with van der Waals surface area (Å²) >= 11 is 0. The molecule has 2 nitrogen and oxygen atoms in total. The average molecular weight is 476 g/mol. The van der Waals surface area contributed by atoms with Crippen LogP contribution in [0.5, 0.6) is 0 Å². The third-order valence-corrected chi connectivity index (χ3v) is 3.77. The van der Waals surface area contributed by atoms with Gasteiger partial charge in [0.25, 0.3) is 0 Å². The second kappa shape index (κ2) is 6.49. The van der Waals surface area contributed by atoms with Crippen LogP contribution in [0.25, 0.3) is 28.1 Å². The molecule has 3 heteroatoms. The molecule has 0 fully saturated rings. The number of imidazole rings is 1. The minimum Gasteiger partial charge on any atom is -0.333 e. The van der Waals surface area contributed by atoms with Gasteiger partial charge >= 0.3 is 0 Å². The molecule has 23 heavy (non-hydrogen) atoms. The summed E-state index contributed by atoms with van der Waals surface area (Å²) in [6, 6.07) is 28.0. The van der Waals surface area contributed by atoms with E-state index in [1.54, 1.807) is 0 Å². The van der Waals surface area contributed by atoms with E-state index in [2.05, 4.69) is 60.0 Å². The minimum absolute atomic E-state index is 0. The molecular weight excluding hydrogens is 460 g/mol. The number of aromatic nitrogens is 2. The van der Waals surface area contributed by atoms with Crippen molar-refractivity contribution in [2.24, 2.45) is 0 Å². The van der Waals surface area contributed by atoms with Gasteiger partial charge in [0, 0.05) is 25.8 Å². The van der Waals surface area contributed by atoms with Gasteiger partial charge in [-0.25, -0.2) is 0 Å². The largest absolute Gasteiger partial charge is 0.333 e. The molecule has 0 bridgehead atoms. The summed E-state index contributed by atoms with van der Waals surface area (Å²) in [6.07, 6.45) is 0. The van der Waals surface area contributed by atoms with Crippen molar-refractivity contribution < 1.29 is 20.1 Å². The average Bonchev–Trinajstić information content (AvgIpc) is 2.95. The van der Waals surface area contributed by atoms with Crippen LogP contribution in [0.4, 0.5) is 0 Å². The Bertz CT molecular complexity index is 928. The SMILES string of the molecule is Cc1ccc2nc(-c3[c-]cccc3)n(-c3ccccc3)c2c1.[Ir]. The Balaban J connectivity index is 0.00000156. The molecular formula is C20H15IrN2-. The van der Waals surface area contributed by atoms with Crippen molar-refractivity contribution in [1.82, 2.24) is 9.55 Å². The van der Waals surface area contributed by atoms with E-state index in [-0.39, 0.29) is 20.1 Å². The van der Waals surface area contributed by atoms with Gasteiger partial charge in [0.2, 0.25) is 0 Å². The Labute approximate surface area is 149 Å². The Hall–Kier alpha value is -2.22. The van der Waals surface area contributed by atoms with Gasteiger partial charge < -0.3 is 4.57 Å². The van der Waals surface area contributed by atoms with E-state index < -0.39 is 0 Å². The Morgan fingerprint density at radius 3 is 2.43 bits per heavy atom. The summed E-state index contributed by atoms with van der Waals surface area (Å²) in [5.74, 6) is 0.924. The maximum atomic E-state index is 4.83. The molecule has 0 aliphatic rings. The molecule has 0 unspecified atom stereocenters. The van der Waals surface area contributed by atoms with Crippen LogP contribution in [0.1, 0.15) is 5.56 Å². The van der Waals surface area contributed by atoms with Gasteiger partial charge in [-0.3, -0.25) is 4.98 Å². The van der Waals surface area contributed by atoms with Crippen molar-refractivity contribution in [2.45, 2.75) is 6.92 Å². The van der Waals surface area contributed by atoms with E-state index in [1.165, 1.54) is 5.56 Å². The van der Waals surface area contributed by atoms with Crippen molar-refractivity contribution in [1.29, 1.82) is 0 Å². The van der Waals surface area contributed by atoms with Crippen molar-refractivity contribution in [3.05, 3.63) is 84.4 Å². The van der Waals surface area contributed by atoms with Crippen LogP contribution < -0.4 is 0 Å². The van der Waals surface area contributed by atoms with Crippen molar-refractivity contribution in [3.8, 4) is 17.1 Å². The monoisotopic (exact) mass is 476 g/mol. The number of hydrogen-bond acceptors (Lipinski definition) is 1. The predicted octanol–water partition coefficient (Wildman–Crippen LogP) is 4.80. The number of para-hydroxylation sites is 1. The molecule has 0 N–H and O–H groups in total. The second-order valence-electron chi connectivity index (χ2n) is 5.37. The first-order valence-corrected chi connectivity index (χ1v) is 7.34. The van der Waals surface area contributed by atoms with Gasteiger partial charge in [-0.2, -0.15) is 0 Å². The molecule has 0 aliphatic heterocycles. The first-order chi connectivity index (χ1) is 10.8. The van der Waals surface area contributed by atoms with Crippen molar-refractivity contribution in [3.63, 3.8) is 0 Å². The zero-order valence-electron chi connectivity index (χ0n) is 12.7. The molecule has 0 atom stereocenters. The van der Waals surface area contributed by atoms with Crippen LogP contribution in [0, 0.1) is 13.0 Å². The third-order valence-electron chi connectivity index (χ3n) is 3.77. The fourth-order valence-electron chi connectivity index (χ4n) is 2.74. The first-order valence-electron chi connectivity index (χ1n) is 7.34. The summed E-state index contributed by atoms with van der Waals surface area (Å²) in [5, 5.41) is 0. The van der Waals surface area contributed by atoms with Crippen LogP contribution in [-0.2, 0) is 20.1 Å². The van der Waals surface area contributed by atoms with Crippen LogP contribution in [0.3, 0.4) is 0 Å². The van der Waals surface area contributed by atoms with Crippen molar-refractivity contribution >= 4 is 11.0 Å². The van der Waals surface area contributed by atoms with E-state index >= 15 is 0 Å². The van der Waals surface area contributed by atoms with E-state index in [0.717, 1.165) is 28.1 Å². The standard InChI is InChI=1S/C20H15N2.Ir/c1-15-12-13-18-19(14-15)22(17-10-6-3-7-11-17)20(21-18)16-8-4-2-5-9-16;/h2-8,10-14H,1H3;/q-1;. The maximum absolute atomic E-state index is 4.83. The van der Waals surface area contributed by atoms with Gasteiger partial charge in [0.15, 0.2) is 0 Å². The van der Waals surface area contributed by atoms with Gasteiger partial charge in [-0.1, -0.05) is 24.3 Å². The molecule has 0 saturated carbocycles. The van der Waals surface area contributed by atoms with Gasteiger partial charge in [-0.15, -0.1) is 35.9 Å². The number of aryl methyl sites for hydroxylation is 1. The molecule has 115 valence electrons. The van der Waals surface area contributed by atoms with Gasteiger partial charge in [0.05, 0.1) is 16.9 Å². The molecule has 0 amide bonds. The molecule has 1 radical (unpaired) electrons. The number of rotatable bonds is 2. The zero-order chi connectivity index (χ0) is 14.9. The molecule has 0 spiro atoms. The van der Waals surface area contributed by atoms with Gasteiger partial charge in [-0.05, 0) is 36.8 Å². The zero-order valence-corrected chi connectivity index (χ0v) is 15.1. The first kappa shape index (κ1) is 15.7. The van der Waals surface area contributed by atoms with Gasteiger partial charge in [0.1, 0.15) is 0 Å². The molecule has 4 aromatic rings. The second-order valence-corrected chi connectivity index (χ2v) is 5.37. The van der Waals surface area contributed by atoms with E-state index in [1.807, 2.05) is 30.3 Å². The number of nitrogens with zero attached hydrogens (tertiary/aromatic N) is 2. The summed E-state index contributed by atoms with van der Waals surface area (Å²) in [6.45, 7) is 2.11. The fourth-order valence-corrected chi connectivity index (χ4v) is 2.74. The van der Waals surface area contributed by atoms with Crippen LogP contribution in [0.15, 0.2) is 72.8 Å². The van der Waals surface area contributed by atoms with E-state index in [0.29, 0.717) is 0 Å². The maximum Gasteiger partial charge on any atom is 0.0774 e. The van der Waals surface area contributed by atoms with E-state index in [4.69, 9.17) is 4.98 Å². The Kier molecular flexibility index (Phi) is 4.42. The summed E-state index contributed by atoms with van der Waals surface area (Å²) in [4.78, 5) is 4.83. The summed E-state index contributed by atoms with van der Waals surface area (Å²) in [7, 11) is 0. The molecule has 3 aromatic carbocycles. The molecule has 0 saturated heterocycles. The summed E-state index contributed by atoms with van der Waals surface area (Å²) in [5.41, 5.74) is 5.47. The predicted molar refractivity (Wildman–Crippen MR) is 90.1 cm³/mol. The molecule has 0 aliphatic carbocycles. The van der Waals surface area contributed by atoms with Crippen molar-refractivity contribution in [2.75, 3.05) is 0 Å². The van der Waals surface area contributed by atoms with Crippen LogP contribution in [0.2, 0.25) is 0 Å². The Morgan fingerprint density at radius 1 is 0.913 bits per heavy atom. The number of hydrogen-bond donors (Lipinski definition) is 0. The normalized spacial score (nSPS) is 10.5. The number of fused-ring (bicyclic) bond motifs is 1. The smallest absolute Gasteiger partial charge is 0.0774 e. The van der Waals surface area contributed by atoms with Crippen LogP contribution >= 0.6 is 0 Å². The topological polar surface area (TPSA) is 17.8 Å². The number of benzene rings is 3. The third kappa shape index (κ3) is 2.86. The minimum atomic E-state index is 0. The van der Waals surface area contributed by atoms with E-state index in [9.17, 15) is 0 Å². The molecule has 1 heterocycles. The van der Waals surface area contributed by atoms with Crippen LogP contribution in [-0.4, -0.2) is 9.55 Å². The fraction of sp³-hybridized carbons (Fsp3) is 0.0500. The quantitative estimate of drug-likeness (QED) is 0.381. The molecule has 4 rings (SSSR count).